The molecular formula is C8H6F2NO2. The van der Waals surface area contributed by atoms with Crippen LogP contribution in [0.4, 0.5) is 14.5 Å². The standard InChI is InChI=1S/C8H6F2NO2/c1-4(12)11-8-6(9)2-5(13)3-7(8)10/h2-3H,1H3,(H,11,12). The quantitative estimate of drug-likeness (QED) is 0.716. The molecule has 0 aliphatic carbocycles. The van der Waals surface area contributed by atoms with Crippen molar-refractivity contribution in [2.24, 2.45) is 0 Å². The molecule has 5 heteroatoms. The number of hydrogen-bond acceptors (Lipinski definition) is 1. The molecule has 0 bridgehead atoms. The van der Waals surface area contributed by atoms with E-state index in [9.17, 15) is 18.7 Å². The van der Waals surface area contributed by atoms with Gasteiger partial charge < -0.3 is 5.32 Å². The number of anilines is 1. The lowest BCUT2D eigenvalue weighted by atomic mass is 10.2. The third-order valence-electron chi connectivity index (χ3n) is 1.32. The Bertz CT molecular complexity index is 329. The van der Waals surface area contributed by atoms with Gasteiger partial charge in [-0.2, -0.15) is 0 Å². The number of benzene rings is 1. The molecule has 1 aromatic carbocycles. The van der Waals surface area contributed by atoms with Crippen LogP contribution >= 0.6 is 0 Å². The largest absolute Gasteiger partial charge is 0.321 e. The first kappa shape index (κ1) is 9.44. The molecule has 0 unspecified atom stereocenters. The van der Waals surface area contributed by atoms with Gasteiger partial charge in [-0.1, -0.05) is 0 Å². The summed E-state index contributed by atoms with van der Waals surface area (Å²) in [6.45, 7) is 1.12. The molecule has 0 aromatic heterocycles. The Balaban J connectivity index is 3.13. The lowest BCUT2D eigenvalue weighted by molar-refractivity contribution is -0.114. The molecule has 69 valence electrons. The average Bonchev–Trinajstić information content (AvgIpc) is 1.96. The fourth-order valence-corrected chi connectivity index (χ4v) is 0.845. The van der Waals surface area contributed by atoms with Crippen molar-refractivity contribution in [3.63, 3.8) is 0 Å². The fourth-order valence-electron chi connectivity index (χ4n) is 0.845. The van der Waals surface area contributed by atoms with E-state index in [-0.39, 0.29) is 0 Å². The van der Waals surface area contributed by atoms with Gasteiger partial charge >= 0.3 is 0 Å². The molecule has 1 amide bonds. The van der Waals surface area contributed by atoms with Crippen molar-refractivity contribution in [3.8, 4) is 5.75 Å². The summed E-state index contributed by atoms with van der Waals surface area (Å²) < 4.78 is 25.6. The highest BCUT2D eigenvalue weighted by atomic mass is 19.1. The van der Waals surface area contributed by atoms with E-state index in [0.29, 0.717) is 12.1 Å². The third-order valence-corrected chi connectivity index (χ3v) is 1.32. The van der Waals surface area contributed by atoms with Gasteiger partial charge in [-0.3, -0.25) is 9.90 Å². The Morgan fingerprint density at radius 3 is 2.15 bits per heavy atom. The van der Waals surface area contributed by atoms with Crippen LogP contribution in [0, 0.1) is 11.6 Å². The Hall–Kier alpha value is -1.65. The summed E-state index contributed by atoms with van der Waals surface area (Å²) in [6.07, 6.45) is 0. The molecule has 1 radical (unpaired) electrons. The lowest BCUT2D eigenvalue weighted by Gasteiger charge is -2.04. The summed E-state index contributed by atoms with van der Waals surface area (Å²) >= 11 is 0. The van der Waals surface area contributed by atoms with Crippen molar-refractivity contribution in [2.75, 3.05) is 5.32 Å². The van der Waals surface area contributed by atoms with E-state index in [2.05, 4.69) is 0 Å². The number of hydrogen-bond donors (Lipinski definition) is 1. The maximum absolute atomic E-state index is 12.8. The van der Waals surface area contributed by atoms with Crippen molar-refractivity contribution in [2.45, 2.75) is 6.92 Å². The van der Waals surface area contributed by atoms with Crippen LogP contribution < -0.4 is 5.32 Å². The number of carbonyl (C=O) groups excluding carboxylic acids is 1. The zero-order chi connectivity index (χ0) is 10.0. The molecule has 0 fully saturated rings. The van der Waals surface area contributed by atoms with Crippen molar-refractivity contribution < 1.29 is 18.7 Å². The molecule has 0 aliphatic rings. The number of nitrogens with one attached hydrogen (secondary N) is 1. The van der Waals surface area contributed by atoms with Crippen molar-refractivity contribution >= 4 is 11.6 Å². The molecule has 1 N–H and O–H groups in total. The van der Waals surface area contributed by atoms with Crippen LogP contribution in [0.1, 0.15) is 6.92 Å². The first-order valence-electron chi connectivity index (χ1n) is 3.44. The van der Waals surface area contributed by atoms with Gasteiger partial charge in [0.15, 0.2) is 17.4 Å². The Morgan fingerprint density at radius 2 is 1.77 bits per heavy atom. The van der Waals surface area contributed by atoms with E-state index in [1.165, 1.54) is 0 Å². The van der Waals surface area contributed by atoms with E-state index in [1.807, 2.05) is 5.32 Å². The van der Waals surface area contributed by atoms with Crippen LogP contribution in [0.25, 0.3) is 0 Å². The minimum absolute atomic E-state index is 0.591. The van der Waals surface area contributed by atoms with Gasteiger partial charge in [-0.05, 0) is 0 Å². The van der Waals surface area contributed by atoms with Crippen molar-refractivity contribution in [3.05, 3.63) is 23.8 Å². The summed E-state index contributed by atoms with van der Waals surface area (Å²) in [5, 5.41) is 12.5. The second-order valence-electron chi connectivity index (χ2n) is 2.44. The SMILES string of the molecule is CC(=O)Nc1c(F)cc([O])cc1F. The molecule has 1 rings (SSSR count). The number of halogens is 2. The van der Waals surface area contributed by atoms with E-state index in [0.717, 1.165) is 6.92 Å². The second-order valence-corrected chi connectivity index (χ2v) is 2.44. The molecule has 1 aromatic rings. The van der Waals surface area contributed by atoms with E-state index in [4.69, 9.17) is 0 Å². The number of rotatable bonds is 1. The highest BCUT2D eigenvalue weighted by Gasteiger charge is 2.12. The summed E-state index contributed by atoms with van der Waals surface area (Å²) in [6, 6.07) is 1.21. The molecule has 0 saturated heterocycles. The van der Waals surface area contributed by atoms with E-state index >= 15 is 0 Å². The lowest BCUT2D eigenvalue weighted by Crippen LogP contribution is -2.09. The Kier molecular flexibility index (Phi) is 2.46. The first-order chi connectivity index (χ1) is 6.00. The van der Waals surface area contributed by atoms with Crippen LogP contribution in [-0.2, 0) is 9.90 Å². The van der Waals surface area contributed by atoms with E-state index in [1.54, 1.807) is 0 Å². The number of carbonyl (C=O) groups is 1. The van der Waals surface area contributed by atoms with Gasteiger partial charge in [0, 0.05) is 19.1 Å². The Labute approximate surface area is 73.0 Å². The predicted molar refractivity (Wildman–Crippen MR) is 40.8 cm³/mol. The van der Waals surface area contributed by atoms with Crippen LogP contribution in [0.5, 0.6) is 5.75 Å². The van der Waals surface area contributed by atoms with Crippen LogP contribution in [0.3, 0.4) is 0 Å². The summed E-state index contributed by atoms with van der Waals surface area (Å²) in [4.78, 5) is 10.5. The van der Waals surface area contributed by atoms with Gasteiger partial charge in [0.1, 0.15) is 5.69 Å². The first-order valence-corrected chi connectivity index (χ1v) is 3.44. The van der Waals surface area contributed by atoms with Gasteiger partial charge in [0.25, 0.3) is 0 Å². The molecule has 0 heterocycles. The van der Waals surface area contributed by atoms with E-state index < -0.39 is 29.0 Å². The molecule has 0 saturated carbocycles. The molecule has 13 heavy (non-hydrogen) atoms. The maximum atomic E-state index is 12.8. The van der Waals surface area contributed by atoms with Crippen molar-refractivity contribution in [1.29, 1.82) is 0 Å². The zero-order valence-corrected chi connectivity index (χ0v) is 6.73. The van der Waals surface area contributed by atoms with Crippen LogP contribution in [0.2, 0.25) is 0 Å². The highest BCUT2D eigenvalue weighted by Crippen LogP contribution is 2.24. The van der Waals surface area contributed by atoms with Gasteiger partial charge in [-0.15, -0.1) is 0 Å². The minimum Gasteiger partial charge on any atom is -0.321 e. The smallest absolute Gasteiger partial charge is 0.221 e. The molecule has 3 nitrogen and oxygen atoms in total. The normalized spacial score (nSPS) is 9.77. The predicted octanol–water partition coefficient (Wildman–Crippen LogP) is 2.07. The van der Waals surface area contributed by atoms with Crippen LogP contribution in [0.15, 0.2) is 12.1 Å². The summed E-state index contributed by atoms with van der Waals surface area (Å²) in [7, 11) is 0. The second kappa shape index (κ2) is 3.38. The average molecular weight is 186 g/mol. The zero-order valence-electron chi connectivity index (χ0n) is 6.73. The minimum atomic E-state index is -1.07. The third kappa shape index (κ3) is 2.14. The fraction of sp³-hybridized carbons (Fsp3) is 0.125. The molecule has 0 aliphatic heterocycles. The van der Waals surface area contributed by atoms with Gasteiger partial charge in [0.05, 0.1) is 0 Å². The van der Waals surface area contributed by atoms with Crippen molar-refractivity contribution in [1.82, 2.24) is 0 Å². The van der Waals surface area contributed by atoms with Gasteiger partial charge in [0.2, 0.25) is 5.91 Å². The molecular weight excluding hydrogens is 180 g/mol. The van der Waals surface area contributed by atoms with Gasteiger partial charge in [-0.25, -0.2) is 8.78 Å². The molecule has 0 atom stereocenters. The molecule has 0 spiro atoms. The summed E-state index contributed by atoms with van der Waals surface area (Å²) in [5.74, 6) is -3.51. The maximum Gasteiger partial charge on any atom is 0.221 e. The highest BCUT2D eigenvalue weighted by molar-refractivity contribution is 5.89. The monoisotopic (exact) mass is 186 g/mol. The topological polar surface area (TPSA) is 49.0 Å². The van der Waals surface area contributed by atoms with Crippen LogP contribution in [-0.4, -0.2) is 5.91 Å². The summed E-state index contributed by atoms with van der Waals surface area (Å²) in [5.41, 5.74) is -0.591. The Morgan fingerprint density at radius 1 is 1.31 bits per heavy atom. The number of amides is 1.